The second-order valence-corrected chi connectivity index (χ2v) is 7.20. The highest BCUT2D eigenvalue weighted by molar-refractivity contribution is 6.08. The van der Waals surface area contributed by atoms with E-state index in [1.807, 2.05) is 42.5 Å². The lowest BCUT2D eigenvalue weighted by Gasteiger charge is -2.37. The minimum atomic E-state index is -0.856. The Balaban J connectivity index is 1.79. The lowest BCUT2D eigenvalue weighted by atomic mass is 9.71. The normalized spacial score (nSPS) is 27.8. The Labute approximate surface area is 149 Å². The van der Waals surface area contributed by atoms with Crippen molar-refractivity contribution in [1.82, 2.24) is 4.90 Å². The van der Waals surface area contributed by atoms with Crippen LogP contribution in [0.15, 0.2) is 59.6 Å². The smallest absolute Gasteiger partial charge is 0.263 e. The van der Waals surface area contributed by atoms with Crippen LogP contribution in [0.4, 0.5) is 0 Å². The number of hydrogen-bond donors (Lipinski definition) is 1. The molecule has 1 atom stereocenters. The van der Waals surface area contributed by atoms with Gasteiger partial charge in [-0.15, -0.1) is 0 Å². The quantitative estimate of drug-likeness (QED) is 0.860. The third-order valence-electron chi connectivity index (χ3n) is 5.73. The van der Waals surface area contributed by atoms with Crippen LogP contribution in [0.5, 0.6) is 0 Å². The highest BCUT2D eigenvalue weighted by atomic mass is 16.2. The summed E-state index contributed by atoms with van der Waals surface area (Å²) < 4.78 is 0. The zero-order chi connectivity index (χ0) is 17.3. The molecule has 1 unspecified atom stereocenters. The average Bonchev–Trinajstić information content (AvgIpc) is 2.95. The molecule has 0 spiro atoms. The summed E-state index contributed by atoms with van der Waals surface area (Å²) in [7, 11) is 0. The van der Waals surface area contributed by atoms with E-state index in [1.54, 1.807) is 4.90 Å². The molecular formula is C21H25N3O. The van der Waals surface area contributed by atoms with Crippen LogP contribution in [0.2, 0.25) is 0 Å². The van der Waals surface area contributed by atoms with Gasteiger partial charge in [0.1, 0.15) is 0 Å². The topological polar surface area (TPSA) is 58.7 Å². The molecule has 1 aromatic rings. The second kappa shape index (κ2) is 6.51. The van der Waals surface area contributed by atoms with Gasteiger partial charge in [0.05, 0.1) is 6.04 Å². The Kier molecular flexibility index (Phi) is 4.20. The van der Waals surface area contributed by atoms with Crippen LogP contribution in [-0.4, -0.2) is 22.8 Å². The number of hydrogen-bond acceptors (Lipinski definition) is 3. The highest BCUT2D eigenvalue weighted by Crippen LogP contribution is 2.46. The van der Waals surface area contributed by atoms with Crippen molar-refractivity contribution in [2.75, 3.05) is 0 Å². The lowest BCUT2D eigenvalue weighted by Crippen LogP contribution is -2.50. The first-order valence-corrected chi connectivity index (χ1v) is 9.31. The van der Waals surface area contributed by atoms with Crippen LogP contribution in [-0.2, 0) is 10.3 Å². The van der Waals surface area contributed by atoms with Gasteiger partial charge in [-0.05, 0) is 30.7 Å². The fraction of sp³-hybridized carbons (Fsp3) is 0.429. The second-order valence-electron chi connectivity index (χ2n) is 7.20. The van der Waals surface area contributed by atoms with Crippen LogP contribution >= 0.6 is 0 Å². The Morgan fingerprint density at radius 3 is 2.40 bits per heavy atom. The van der Waals surface area contributed by atoms with Crippen molar-refractivity contribution in [3.05, 3.63) is 60.2 Å². The van der Waals surface area contributed by atoms with Crippen LogP contribution in [0.25, 0.3) is 0 Å². The van der Waals surface area contributed by atoms with Gasteiger partial charge in [0, 0.05) is 0 Å². The average molecular weight is 335 g/mol. The van der Waals surface area contributed by atoms with Crippen molar-refractivity contribution in [3.63, 3.8) is 0 Å². The summed E-state index contributed by atoms with van der Waals surface area (Å²) in [6.45, 7) is 0. The molecule has 1 fully saturated rings. The SMILES string of the molecule is NC1=NC(c2ccccc2)(C2CCCCC2)C(=O)N1C1C=CCC=C1. The van der Waals surface area contributed by atoms with Gasteiger partial charge in [-0.3, -0.25) is 9.69 Å². The number of amides is 1. The Bertz CT molecular complexity index is 719. The van der Waals surface area contributed by atoms with Crippen LogP contribution < -0.4 is 5.73 Å². The van der Waals surface area contributed by atoms with Crippen molar-refractivity contribution in [2.24, 2.45) is 16.6 Å². The van der Waals surface area contributed by atoms with E-state index in [0.717, 1.165) is 37.7 Å². The molecule has 1 amide bonds. The zero-order valence-corrected chi connectivity index (χ0v) is 14.5. The molecule has 0 radical (unpaired) electrons. The molecule has 0 bridgehead atoms. The number of nitrogens with zero attached hydrogens (tertiary/aromatic N) is 2. The Morgan fingerprint density at radius 1 is 1.04 bits per heavy atom. The van der Waals surface area contributed by atoms with Crippen molar-refractivity contribution < 1.29 is 4.79 Å². The van der Waals surface area contributed by atoms with Gasteiger partial charge in [-0.1, -0.05) is 73.9 Å². The van der Waals surface area contributed by atoms with Gasteiger partial charge in [-0.2, -0.15) is 0 Å². The molecule has 2 N–H and O–H groups in total. The van der Waals surface area contributed by atoms with Gasteiger partial charge in [-0.25, -0.2) is 4.99 Å². The molecule has 4 heteroatoms. The van der Waals surface area contributed by atoms with Gasteiger partial charge in [0.15, 0.2) is 11.5 Å². The largest absolute Gasteiger partial charge is 0.369 e. The Hall–Kier alpha value is -2.36. The number of benzene rings is 1. The summed E-state index contributed by atoms with van der Waals surface area (Å²) in [6, 6.07) is 9.89. The van der Waals surface area contributed by atoms with Crippen LogP contribution in [0, 0.1) is 5.92 Å². The van der Waals surface area contributed by atoms with E-state index in [9.17, 15) is 4.79 Å². The number of aliphatic imine (C=N–C) groups is 1. The first-order chi connectivity index (χ1) is 12.2. The molecule has 1 aliphatic heterocycles. The molecule has 1 saturated carbocycles. The van der Waals surface area contributed by atoms with Gasteiger partial charge < -0.3 is 5.73 Å². The van der Waals surface area contributed by atoms with Gasteiger partial charge >= 0.3 is 0 Å². The van der Waals surface area contributed by atoms with Crippen LogP contribution in [0.1, 0.15) is 44.1 Å². The van der Waals surface area contributed by atoms with Crippen LogP contribution in [0.3, 0.4) is 0 Å². The molecule has 1 heterocycles. The summed E-state index contributed by atoms with van der Waals surface area (Å²) in [4.78, 5) is 20.2. The molecule has 1 aromatic carbocycles. The van der Waals surface area contributed by atoms with Crippen molar-refractivity contribution in [2.45, 2.75) is 50.1 Å². The summed E-state index contributed by atoms with van der Waals surface area (Å²) in [5, 5.41) is 0. The number of carbonyl (C=O) groups is 1. The van der Waals surface area contributed by atoms with E-state index >= 15 is 0 Å². The van der Waals surface area contributed by atoms with Crippen molar-refractivity contribution in [3.8, 4) is 0 Å². The standard InChI is InChI=1S/C21H25N3O/c22-20-23-21(16-10-4-1-5-11-16,17-12-6-2-7-13-17)19(25)24(20)18-14-8-3-9-15-18/h1,4-5,8-11,14-15,17-18H,2-3,6-7,12-13H2,(H2,22,23). The third kappa shape index (κ3) is 2.60. The minimum absolute atomic E-state index is 0.0318. The van der Waals surface area contributed by atoms with E-state index in [0.29, 0.717) is 5.96 Å². The molecule has 130 valence electrons. The molecule has 4 rings (SSSR count). The summed E-state index contributed by atoms with van der Waals surface area (Å²) in [5.41, 5.74) is 6.42. The minimum Gasteiger partial charge on any atom is -0.369 e. The molecule has 25 heavy (non-hydrogen) atoms. The first-order valence-electron chi connectivity index (χ1n) is 9.31. The van der Waals surface area contributed by atoms with E-state index in [2.05, 4.69) is 12.2 Å². The maximum Gasteiger partial charge on any atom is 0.263 e. The number of rotatable bonds is 3. The molecule has 3 aliphatic rings. The van der Waals surface area contributed by atoms with Gasteiger partial charge in [0.25, 0.3) is 5.91 Å². The molecule has 4 nitrogen and oxygen atoms in total. The maximum absolute atomic E-state index is 13.7. The third-order valence-corrected chi connectivity index (χ3v) is 5.73. The van der Waals surface area contributed by atoms with E-state index in [4.69, 9.17) is 10.7 Å². The maximum atomic E-state index is 13.7. The fourth-order valence-corrected chi connectivity index (χ4v) is 4.51. The van der Waals surface area contributed by atoms with Crippen molar-refractivity contribution >= 4 is 11.9 Å². The monoisotopic (exact) mass is 335 g/mol. The van der Waals surface area contributed by atoms with E-state index in [1.165, 1.54) is 6.42 Å². The fourth-order valence-electron chi connectivity index (χ4n) is 4.51. The number of allylic oxidation sites excluding steroid dienone is 2. The number of carbonyl (C=O) groups excluding carboxylic acids is 1. The molecule has 2 aliphatic carbocycles. The summed E-state index contributed by atoms with van der Waals surface area (Å²) in [5.74, 6) is 0.598. The van der Waals surface area contributed by atoms with E-state index < -0.39 is 5.54 Å². The number of guanidine groups is 1. The number of nitrogens with two attached hydrogens (primary N) is 1. The first kappa shape index (κ1) is 16.1. The molecule has 0 saturated heterocycles. The molecule has 0 aromatic heterocycles. The summed E-state index contributed by atoms with van der Waals surface area (Å²) >= 11 is 0. The lowest BCUT2D eigenvalue weighted by molar-refractivity contribution is -0.134. The highest BCUT2D eigenvalue weighted by Gasteiger charge is 2.55. The van der Waals surface area contributed by atoms with Gasteiger partial charge in [0.2, 0.25) is 0 Å². The van der Waals surface area contributed by atoms with E-state index in [-0.39, 0.29) is 17.9 Å². The predicted molar refractivity (Wildman–Crippen MR) is 99.8 cm³/mol. The molecular weight excluding hydrogens is 310 g/mol. The summed E-state index contributed by atoms with van der Waals surface area (Å²) in [6.07, 6.45) is 14.8. The Morgan fingerprint density at radius 2 is 1.72 bits per heavy atom. The predicted octanol–water partition coefficient (Wildman–Crippen LogP) is 3.50. The zero-order valence-electron chi connectivity index (χ0n) is 14.5. The van der Waals surface area contributed by atoms with Crippen molar-refractivity contribution in [1.29, 1.82) is 0 Å².